The molecular formula is C13H18N2O4S. The highest BCUT2D eigenvalue weighted by atomic mass is 32.2. The molecule has 110 valence electrons. The van der Waals surface area contributed by atoms with Crippen LogP contribution in [-0.2, 0) is 14.8 Å². The quantitative estimate of drug-likeness (QED) is 0.774. The summed E-state index contributed by atoms with van der Waals surface area (Å²) in [7, 11) is -3.54. The van der Waals surface area contributed by atoms with Crippen LogP contribution in [0.1, 0.15) is 23.7 Å². The molecule has 1 fully saturated rings. The lowest BCUT2D eigenvalue weighted by Crippen LogP contribution is -2.36. The maximum Gasteiger partial charge on any atom is 0.338 e. The molecule has 1 unspecified atom stereocenters. The van der Waals surface area contributed by atoms with Crippen molar-refractivity contribution in [2.75, 3.05) is 19.7 Å². The minimum Gasteiger partial charge on any atom is -0.462 e. The molecule has 7 heteroatoms. The Bertz CT molecular complexity index is 563. The maximum absolute atomic E-state index is 12.1. The molecule has 20 heavy (non-hydrogen) atoms. The molecule has 1 aromatic rings. The van der Waals surface area contributed by atoms with Gasteiger partial charge in [-0.25, -0.2) is 17.9 Å². The van der Waals surface area contributed by atoms with Crippen molar-refractivity contribution in [1.29, 1.82) is 0 Å². The van der Waals surface area contributed by atoms with Crippen LogP contribution >= 0.6 is 0 Å². The number of nitrogens with one attached hydrogen (secondary N) is 2. The maximum atomic E-state index is 12.1. The van der Waals surface area contributed by atoms with Crippen LogP contribution < -0.4 is 10.0 Å². The normalized spacial score (nSPS) is 18.9. The van der Waals surface area contributed by atoms with Gasteiger partial charge in [0, 0.05) is 12.6 Å². The standard InChI is InChI=1S/C13H18N2O4S/c1-2-19-13(16)10-3-5-12(6-4-10)20(17,18)15-11-7-8-14-9-11/h3-6,11,14-15H,2,7-9H2,1H3. The molecule has 2 rings (SSSR count). The molecule has 0 radical (unpaired) electrons. The SMILES string of the molecule is CCOC(=O)c1ccc(S(=O)(=O)NC2CCNC2)cc1. The second-order valence-corrected chi connectivity index (χ2v) is 6.27. The molecular weight excluding hydrogens is 280 g/mol. The molecule has 1 aliphatic rings. The Morgan fingerprint density at radius 2 is 2.10 bits per heavy atom. The van der Waals surface area contributed by atoms with E-state index in [9.17, 15) is 13.2 Å². The zero-order chi connectivity index (χ0) is 14.6. The molecule has 0 aromatic heterocycles. The van der Waals surface area contributed by atoms with Crippen LogP contribution in [0.15, 0.2) is 29.2 Å². The molecule has 0 bridgehead atoms. The van der Waals surface area contributed by atoms with E-state index in [1.54, 1.807) is 6.92 Å². The Hall–Kier alpha value is -1.44. The summed E-state index contributed by atoms with van der Waals surface area (Å²) in [5.41, 5.74) is 0.341. The first-order valence-corrected chi connectivity index (χ1v) is 8.01. The van der Waals surface area contributed by atoms with Crippen molar-refractivity contribution in [2.24, 2.45) is 0 Å². The van der Waals surface area contributed by atoms with Gasteiger partial charge < -0.3 is 10.1 Å². The Labute approximate surface area is 118 Å². The summed E-state index contributed by atoms with van der Waals surface area (Å²) in [5, 5.41) is 3.10. The van der Waals surface area contributed by atoms with Gasteiger partial charge in [-0.3, -0.25) is 0 Å². The number of esters is 1. The predicted octanol–water partition coefficient (Wildman–Crippen LogP) is 0.504. The van der Waals surface area contributed by atoms with Crippen LogP contribution in [-0.4, -0.2) is 40.1 Å². The number of benzene rings is 1. The first kappa shape index (κ1) is 15.0. The van der Waals surface area contributed by atoms with Gasteiger partial charge in [0.2, 0.25) is 10.0 Å². The van der Waals surface area contributed by atoms with Gasteiger partial charge >= 0.3 is 5.97 Å². The molecule has 0 spiro atoms. The minimum absolute atomic E-state index is 0.0790. The fraction of sp³-hybridized carbons (Fsp3) is 0.462. The Kier molecular flexibility index (Phi) is 4.74. The number of hydrogen-bond donors (Lipinski definition) is 2. The van der Waals surface area contributed by atoms with Gasteiger partial charge in [0.25, 0.3) is 0 Å². The van der Waals surface area contributed by atoms with E-state index in [2.05, 4.69) is 10.0 Å². The van der Waals surface area contributed by atoms with Crippen molar-refractivity contribution >= 4 is 16.0 Å². The van der Waals surface area contributed by atoms with Crippen molar-refractivity contribution in [3.05, 3.63) is 29.8 Å². The van der Waals surface area contributed by atoms with Gasteiger partial charge in [0.1, 0.15) is 0 Å². The number of ether oxygens (including phenoxy) is 1. The van der Waals surface area contributed by atoms with Crippen molar-refractivity contribution in [1.82, 2.24) is 10.0 Å². The second-order valence-electron chi connectivity index (χ2n) is 4.56. The summed E-state index contributed by atoms with van der Waals surface area (Å²) in [6.45, 7) is 3.46. The second kappa shape index (κ2) is 6.34. The van der Waals surface area contributed by atoms with Gasteiger partial charge in [0.15, 0.2) is 0 Å². The third kappa shape index (κ3) is 3.56. The summed E-state index contributed by atoms with van der Waals surface area (Å²) in [6.07, 6.45) is 0.778. The van der Waals surface area contributed by atoms with Crippen LogP contribution in [0.2, 0.25) is 0 Å². The highest BCUT2D eigenvalue weighted by Crippen LogP contribution is 2.13. The van der Waals surface area contributed by atoms with E-state index in [-0.39, 0.29) is 17.5 Å². The van der Waals surface area contributed by atoms with Crippen molar-refractivity contribution in [3.8, 4) is 0 Å². The summed E-state index contributed by atoms with van der Waals surface area (Å²) >= 11 is 0. The average molecular weight is 298 g/mol. The molecule has 1 aromatic carbocycles. The lowest BCUT2D eigenvalue weighted by atomic mass is 10.2. The zero-order valence-corrected chi connectivity index (χ0v) is 12.1. The van der Waals surface area contributed by atoms with Crippen molar-refractivity contribution in [2.45, 2.75) is 24.3 Å². The molecule has 1 atom stereocenters. The molecule has 0 amide bonds. The molecule has 1 saturated heterocycles. The van der Waals surface area contributed by atoms with Crippen LogP contribution in [0.5, 0.6) is 0 Å². The fourth-order valence-electron chi connectivity index (χ4n) is 2.03. The summed E-state index contributed by atoms with van der Waals surface area (Å²) in [4.78, 5) is 11.6. The van der Waals surface area contributed by atoms with E-state index in [1.165, 1.54) is 24.3 Å². The summed E-state index contributed by atoms with van der Waals surface area (Å²) < 4.78 is 31.8. The molecule has 6 nitrogen and oxygen atoms in total. The fourth-order valence-corrected chi connectivity index (χ4v) is 3.30. The van der Waals surface area contributed by atoms with Gasteiger partial charge in [-0.2, -0.15) is 0 Å². The third-order valence-electron chi connectivity index (χ3n) is 3.06. The average Bonchev–Trinajstić information content (AvgIpc) is 2.91. The van der Waals surface area contributed by atoms with Crippen molar-refractivity contribution < 1.29 is 17.9 Å². The van der Waals surface area contributed by atoms with Gasteiger partial charge in [-0.1, -0.05) is 0 Å². The minimum atomic E-state index is -3.54. The smallest absolute Gasteiger partial charge is 0.338 e. The first-order valence-electron chi connectivity index (χ1n) is 6.53. The first-order chi connectivity index (χ1) is 9.53. The number of hydrogen-bond acceptors (Lipinski definition) is 5. The summed E-state index contributed by atoms with van der Waals surface area (Å²) in [5.74, 6) is -0.454. The Morgan fingerprint density at radius 3 is 2.65 bits per heavy atom. The molecule has 2 N–H and O–H groups in total. The molecule has 0 aliphatic carbocycles. The van der Waals surface area contributed by atoms with Gasteiger partial charge in [-0.05, 0) is 44.2 Å². The van der Waals surface area contributed by atoms with Crippen LogP contribution in [0.3, 0.4) is 0 Å². The number of carbonyl (C=O) groups is 1. The van der Waals surface area contributed by atoms with E-state index in [1.807, 2.05) is 0 Å². The number of rotatable bonds is 5. The summed E-state index contributed by atoms with van der Waals surface area (Å²) in [6, 6.07) is 5.66. The number of carbonyl (C=O) groups excluding carboxylic acids is 1. The zero-order valence-electron chi connectivity index (χ0n) is 11.3. The van der Waals surface area contributed by atoms with Gasteiger partial charge in [-0.15, -0.1) is 0 Å². The highest BCUT2D eigenvalue weighted by Gasteiger charge is 2.22. The van der Waals surface area contributed by atoms with Crippen molar-refractivity contribution in [3.63, 3.8) is 0 Å². The lowest BCUT2D eigenvalue weighted by molar-refractivity contribution is 0.0526. The predicted molar refractivity (Wildman–Crippen MR) is 74.0 cm³/mol. The van der Waals surface area contributed by atoms with E-state index < -0.39 is 16.0 Å². The van der Waals surface area contributed by atoms with Crippen LogP contribution in [0.25, 0.3) is 0 Å². The molecule has 1 heterocycles. The van der Waals surface area contributed by atoms with Gasteiger partial charge in [0.05, 0.1) is 17.1 Å². The Morgan fingerprint density at radius 1 is 1.40 bits per heavy atom. The lowest BCUT2D eigenvalue weighted by Gasteiger charge is -2.12. The van der Waals surface area contributed by atoms with E-state index >= 15 is 0 Å². The Balaban J connectivity index is 2.10. The van der Waals surface area contributed by atoms with E-state index in [0.29, 0.717) is 12.1 Å². The highest BCUT2D eigenvalue weighted by molar-refractivity contribution is 7.89. The third-order valence-corrected chi connectivity index (χ3v) is 4.59. The monoisotopic (exact) mass is 298 g/mol. The molecule has 1 aliphatic heterocycles. The molecule has 0 saturated carbocycles. The van der Waals surface area contributed by atoms with Crippen LogP contribution in [0.4, 0.5) is 0 Å². The van der Waals surface area contributed by atoms with E-state index in [0.717, 1.165) is 13.0 Å². The largest absolute Gasteiger partial charge is 0.462 e. The number of sulfonamides is 1. The van der Waals surface area contributed by atoms with E-state index in [4.69, 9.17) is 4.74 Å². The van der Waals surface area contributed by atoms with Crippen LogP contribution in [0, 0.1) is 0 Å². The topological polar surface area (TPSA) is 84.5 Å².